The van der Waals surface area contributed by atoms with Gasteiger partial charge >= 0.3 is 0 Å². The van der Waals surface area contributed by atoms with Gasteiger partial charge in [-0.25, -0.2) is 18.1 Å². The highest BCUT2D eigenvalue weighted by Gasteiger charge is 2.19. The summed E-state index contributed by atoms with van der Waals surface area (Å²) in [6, 6.07) is 4.52. The van der Waals surface area contributed by atoms with Gasteiger partial charge in [0, 0.05) is 12.7 Å². The minimum Gasteiger partial charge on any atom is -0.376 e. The van der Waals surface area contributed by atoms with Crippen molar-refractivity contribution in [3.63, 3.8) is 0 Å². The van der Waals surface area contributed by atoms with Crippen molar-refractivity contribution >= 4 is 10.0 Å². The van der Waals surface area contributed by atoms with Crippen molar-refractivity contribution in [3.8, 4) is 6.07 Å². The number of aromatic nitrogens is 1. The van der Waals surface area contributed by atoms with Crippen LogP contribution in [0.3, 0.4) is 0 Å². The van der Waals surface area contributed by atoms with Gasteiger partial charge < -0.3 is 9.47 Å². The van der Waals surface area contributed by atoms with Crippen LogP contribution in [0.15, 0.2) is 23.2 Å². The number of nitriles is 1. The van der Waals surface area contributed by atoms with E-state index in [4.69, 9.17) is 14.7 Å². The lowest BCUT2D eigenvalue weighted by Gasteiger charge is -2.22. The maximum absolute atomic E-state index is 11.9. The number of sulfonamides is 1. The summed E-state index contributed by atoms with van der Waals surface area (Å²) in [5, 5.41) is 8.60. The zero-order chi connectivity index (χ0) is 13.7. The molecule has 19 heavy (non-hydrogen) atoms. The average molecular weight is 283 g/mol. The summed E-state index contributed by atoms with van der Waals surface area (Å²) >= 11 is 0. The van der Waals surface area contributed by atoms with E-state index >= 15 is 0 Å². The third kappa shape index (κ3) is 3.71. The maximum atomic E-state index is 11.9. The van der Waals surface area contributed by atoms with E-state index in [9.17, 15) is 8.42 Å². The molecule has 1 N–H and O–H groups in total. The van der Waals surface area contributed by atoms with Crippen LogP contribution in [0.5, 0.6) is 0 Å². The van der Waals surface area contributed by atoms with E-state index in [2.05, 4.69) is 9.71 Å². The van der Waals surface area contributed by atoms with Gasteiger partial charge in [0.15, 0.2) is 0 Å². The van der Waals surface area contributed by atoms with Gasteiger partial charge in [0.2, 0.25) is 10.0 Å². The lowest BCUT2D eigenvalue weighted by molar-refractivity contribution is -0.0846. The second-order valence-electron chi connectivity index (χ2n) is 3.91. The van der Waals surface area contributed by atoms with Gasteiger partial charge in [0.1, 0.15) is 16.7 Å². The first-order valence-corrected chi connectivity index (χ1v) is 7.15. The normalized spacial score (nSPS) is 19.8. The Kier molecular flexibility index (Phi) is 4.44. The first-order chi connectivity index (χ1) is 9.12. The van der Waals surface area contributed by atoms with E-state index in [1.165, 1.54) is 12.1 Å². The summed E-state index contributed by atoms with van der Waals surface area (Å²) in [5.74, 6) is 0. The molecule has 1 aliphatic heterocycles. The second-order valence-corrected chi connectivity index (χ2v) is 5.68. The van der Waals surface area contributed by atoms with Crippen molar-refractivity contribution in [1.82, 2.24) is 9.71 Å². The van der Waals surface area contributed by atoms with Crippen LogP contribution in [-0.4, -0.2) is 45.9 Å². The van der Waals surface area contributed by atoms with Crippen molar-refractivity contribution in [3.05, 3.63) is 24.0 Å². The molecule has 1 atom stereocenters. The van der Waals surface area contributed by atoms with Gasteiger partial charge in [-0.15, -0.1) is 0 Å². The number of hydrogen-bond acceptors (Lipinski definition) is 6. The molecule has 0 spiro atoms. The molecule has 0 aromatic carbocycles. The fraction of sp³-hybridized carbons (Fsp3) is 0.455. The summed E-state index contributed by atoms with van der Waals surface area (Å²) in [7, 11) is -3.64. The molecule has 0 bridgehead atoms. The maximum Gasteiger partial charge on any atom is 0.242 e. The second kappa shape index (κ2) is 6.08. The highest BCUT2D eigenvalue weighted by atomic mass is 32.2. The Morgan fingerprint density at radius 2 is 2.32 bits per heavy atom. The lowest BCUT2D eigenvalue weighted by atomic mass is 10.3. The predicted octanol–water partition coefficient (Wildman–Crippen LogP) is -0.353. The first-order valence-electron chi connectivity index (χ1n) is 5.67. The number of pyridine rings is 1. The molecule has 1 unspecified atom stereocenters. The van der Waals surface area contributed by atoms with Crippen LogP contribution in [0.4, 0.5) is 0 Å². The van der Waals surface area contributed by atoms with Crippen molar-refractivity contribution in [2.24, 2.45) is 0 Å². The fourth-order valence-corrected chi connectivity index (χ4v) is 2.56. The summed E-state index contributed by atoms with van der Waals surface area (Å²) in [4.78, 5) is 3.74. The van der Waals surface area contributed by atoms with E-state index in [1.807, 2.05) is 6.07 Å². The third-order valence-electron chi connectivity index (χ3n) is 2.55. The van der Waals surface area contributed by atoms with Crippen LogP contribution in [0.1, 0.15) is 5.69 Å². The highest BCUT2D eigenvalue weighted by Crippen LogP contribution is 2.08. The summed E-state index contributed by atoms with van der Waals surface area (Å²) in [6.07, 6.45) is 0.869. The minimum atomic E-state index is -3.64. The molecule has 102 valence electrons. The Morgan fingerprint density at radius 3 is 2.89 bits per heavy atom. The summed E-state index contributed by atoms with van der Waals surface area (Å²) < 4.78 is 36.8. The standard InChI is InChI=1S/C11H13N3O4S/c12-5-9-1-2-11(7-13-9)19(15,16)14-6-10-8-17-3-4-18-10/h1-2,7,10,14H,3-4,6,8H2. The van der Waals surface area contributed by atoms with Crippen LogP contribution in [-0.2, 0) is 19.5 Å². The molecule has 0 amide bonds. The molecule has 2 heterocycles. The molecule has 1 aromatic rings. The molecule has 1 saturated heterocycles. The zero-order valence-electron chi connectivity index (χ0n) is 10.1. The van der Waals surface area contributed by atoms with Gasteiger partial charge in [0.25, 0.3) is 0 Å². The number of rotatable bonds is 4. The monoisotopic (exact) mass is 283 g/mol. The largest absolute Gasteiger partial charge is 0.376 e. The number of ether oxygens (including phenoxy) is 2. The fourth-order valence-electron chi connectivity index (χ4n) is 1.55. The van der Waals surface area contributed by atoms with Crippen molar-refractivity contribution < 1.29 is 17.9 Å². The molecule has 8 heteroatoms. The molecule has 1 aromatic heterocycles. The Hall–Kier alpha value is -1.53. The third-order valence-corrected chi connectivity index (χ3v) is 3.96. The molecule has 0 radical (unpaired) electrons. The topological polar surface area (TPSA) is 101 Å². The van der Waals surface area contributed by atoms with Crippen molar-refractivity contribution in [1.29, 1.82) is 5.26 Å². The van der Waals surface area contributed by atoms with E-state index in [-0.39, 0.29) is 23.2 Å². The van der Waals surface area contributed by atoms with Crippen LogP contribution in [0, 0.1) is 11.3 Å². The van der Waals surface area contributed by atoms with Crippen LogP contribution in [0.2, 0.25) is 0 Å². The van der Waals surface area contributed by atoms with Gasteiger partial charge in [-0.05, 0) is 12.1 Å². The van der Waals surface area contributed by atoms with Crippen molar-refractivity contribution in [2.75, 3.05) is 26.4 Å². The van der Waals surface area contributed by atoms with Gasteiger partial charge in [0.05, 0.1) is 25.9 Å². The number of nitrogens with zero attached hydrogens (tertiary/aromatic N) is 2. The molecule has 1 aliphatic rings. The smallest absolute Gasteiger partial charge is 0.242 e. The highest BCUT2D eigenvalue weighted by molar-refractivity contribution is 7.89. The Balaban J connectivity index is 1.99. The Labute approximate surface area is 111 Å². The van der Waals surface area contributed by atoms with Crippen molar-refractivity contribution in [2.45, 2.75) is 11.0 Å². The molecule has 0 aliphatic carbocycles. The minimum absolute atomic E-state index is 0.0169. The van der Waals surface area contributed by atoms with Crippen LogP contribution < -0.4 is 4.72 Å². The quantitative estimate of drug-likeness (QED) is 0.810. The lowest BCUT2D eigenvalue weighted by Crippen LogP contribution is -2.39. The number of nitrogens with one attached hydrogen (secondary N) is 1. The Morgan fingerprint density at radius 1 is 1.47 bits per heavy atom. The molecular formula is C11H13N3O4S. The SMILES string of the molecule is N#Cc1ccc(S(=O)(=O)NCC2COCCO2)cn1. The Bertz CT molecular complexity index is 559. The van der Waals surface area contributed by atoms with Gasteiger partial charge in [-0.2, -0.15) is 5.26 Å². The summed E-state index contributed by atoms with van der Waals surface area (Å²) in [6.45, 7) is 1.50. The molecule has 7 nitrogen and oxygen atoms in total. The van der Waals surface area contributed by atoms with E-state index in [0.29, 0.717) is 19.8 Å². The van der Waals surface area contributed by atoms with E-state index in [1.54, 1.807) is 0 Å². The van der Waals surface area contributed by atoms with Gasteiger partial charge in [-0.1, -0.05) is 0 Å². The van der Waals surface area contributed by atoms with Crippen LogP contribution >= 0.6 is 0 Å². The van der Waals surface area contributed by atoms with Gasteiger partial charge in [-0.3, -0.25) is 0 Å². The first kappa shape index (κ1) is 13.9. The van der Waals surface area contributed by atoms with E-state index < -0.39 is 10.0 Å². The zero-order valence-corrected chi connectivity index (χ0v) is 10.9. The average Bonchev–Trinajstić information content (AvgIpc) is 2.46. The van der Waals surface area contributed by atoms with Crippen LogP contribution in [0.25, 0.3) is 0 Å². The summed E-state index contributed by atoms with van der Waals surface area (Å²) in [5.41, 5.74) is 0.169. The molecular weight excluding hydrogens is 270 g/mol. The molecule has 1 fully saturated rings. The molecule has 2 rings (SSSR count). The predicted molar refractivity (Wildman–Crippen MR) is 64.7 cm³/mol. The van der Waals surface area contributed by atoms with E-state index in [0.717, 1.165) is 6.20 Å². The molecule has 0 saturated carbocycles. The number of hydrogen-bond donors (Lipinski definition) is 1.